The number of fused-ring (bicyclic) bond motifs is 1. The van der Waals surface area contributed by atoms with Crippen LogP contribution in [0.5, 0.6) is 0 Å². The molecule has 0 saturated carbocycles. The fourth-order valence-electron chi connectivity index (χ4n) is 2.71. The molecule has 24 heavy (non-hydrogen) atoms. The van der Waals surface area contributed by atoms with Crippen LogP contribution < -0.4 is 5.46 Å². The van der Waals surface area contributed by atoms with Gasteiger partial charge in [0, 0.05) is 16.4 Å². The van der Waals surface area contributed by atoms with Crippen LogP contribution in [0, 0.1) is 5.82 Å². The van der Waals surface area contributed by atoms with E-state index in [0.717, 1.165) is 0 Å². The Hall–Kier alpha value is -1.86. The normalized spacial score (nSPS) is 19.0. The predicted octanol–water partition coefficient (Wildman–Crippen LogP) is 2.78. The molecule has 1 aliphatic rings. The minimum atomic E-state index is -0.720. The quantitative estimate of drug-likeness (QED) is 0.693. The van der Waals surface area contributed by atoms with Crippen molar-refractivity contribution in [2.24, 2.45) is 0 Å². The smallest absolute Gasteiger partial charge is 0.461 e. The van der Waals surface area contributed by atoms with E-state index < -0.39 is 30.1 Å². The number of esters is 1. The minimum Gasteiger partial charge on any atom is -0.461 e. The van der Waals surface area contributed by atoms with Crippen LogP contribution in [0.1, 0.15) is 45.1 Å². The van der Waals surface area contributed by atoms with Gasteiger partial charge in [0.15, 0.2) is 0 Å². The molecule has 128 valence electrons. The molecule has 5 nitrogen and oxygen atoms in total. The third-order valence-corrected chi connectivity index (χ3v) is 4.73. The number of hydrogen-bond acceptors (Lipinski definition) is 4. The second-order valence-electron chi connectivity index (χ2n) is 6.95. The second kappa shape index (κ2) is 5.60. The van der Waals surface area contributed by atoms with E-state index in [1.807, 2.05) is 27.7 Å². The van der Waals surface area contributed by atoms with Crippen molar-refractivity contribution in [2.45, 2.75) is 45.8 Å². The topological polar surface area (TPSA) is 60.6 Å². The van der Waals surface area contributed by atoms with Crippen LogP contribution in [0.3, 0.4) is 0 Å². The molecular formula is C17H21BFNO4. The fraction of sp³-hybridized carbons (Fsp3) is 0.471. The summed E-state index contributed by atoms with van der Waals surface area (Å²) in [7, 11) is -0.720. The van der Waals surface area contributed by atoms with Gasteiger partial charge in [-0.1, -0.05) is 0 Å². The average Bonchev–Trinajstić information content (AvgIpc) is 2.97. The zero-order valence-corrected chi connectivity index (χ0v) is 14.5. The Labute approximate surface area is 140 Å². The van der Waals surface area contributed by atoms with Crippen LogP contribution in [0.4, 0.5) is 4.39 Å². The molecule has 2 aromatic rings. The van der Waals surface area contributed by atoms with E-state index in [-0.39, 0.29) is 12.3 Å². The zero-order valence-electron chi connectivity index (χ0n) is 14.5. The number of aromatic amines is 1. The maximum Gasteiger partial charge on any atom is 0.497 e. The Morgan fingerprint density at radius 1 is 1.21 bits per heavy atom. The first kappa shape index (κ1) is 17.0. The Morgan fingerprint density at radius 3 is 2.42 bits per heavy atom. The highest BCUT2D eigenvalue weighted by atomic mass is 19.1. The Kier molecular flexibility index (Phi) is 3.96. The molecule has 7 heteroatoms. The van der Waals surface area contributed by atoms with Gasteiger partial charge in [-0.05, 0) is 52.8 Å². The second-order valence-corrected chi connectivity index (χ2v) is 6.95. The van der Waals surface area contributed by atoms with Gasteiger partial charge < -0.3 is 19.0 Å². The lowest BCUT2D eigenvalue weighted by Gasteiger charge is -2.32. The molecule has 0 aliphatic carbocycles. The summed E-state index contributed by atoms with van der Waals surface area (Å²) in [4.78, 5) is 14.9. The SMILES string of the molecule is CCOC(=O)c1cc2cc(F)cc(B3OC(C)(C)C(C)(C)O3)c2[nH]1. The van der Waals surface area contributed by atoms with Gasteiger partial charge in [0.05, 0.1) is 17.8 Å². The summed E-state index contributed by atoms with van der Waals surface area (Å²) in [6.07, 6.45) is 0. The number of benzene rings is 1. The molecule has 0 spiro atoms. The molecule has 0 radical (unpaired) electrons. The van der Waals surface area contributed by atoms with Gasteiger partial charge in [0.2, 0.25) is 0 Å². The number of carbonyl (C=O) groups is 1. The summed E-state index contributed by atoms with van der Waals surface area (Å²) in [5.74, 6) is -0.893. The van der Waals surface area contributed by atoms with E-state index in [1.54, 1.807) is 13.0 Å². The summed E-state index contributed by atoms with van der Waals surface area (Å²) in [6, 6.07) is 4.31. The number of H-pyrrole nitrogens is 1. The summed E-state index contributed by atoms with van der Waals surface area (Å²) in [6.45, 7) is 9.73. The molecule has 3 rings (SSSR count). The molecule has 1 saturated heterocycles. The number of aromatic nitrogens is 1. The van der Waals surface area contributed by atoms with E-state index in [9.17, 15) is 9.18 Å². The zero-order chi connectivity index (χ0) is 17.7. The highest BCUT2D eigenvalue weighted by Crippen LogP contribution is 2.37. The summed E-state index contributed by atoms with van der Waals surface area (Å²) in [5, 5.41) is 0.572. The molecule has 1 aromatic carbocycles. The number of ether oxygens (including phenoxy) is 1. The van der Waals surface area contributed by atoms with Crippen molar-refractivity contribution >= 4 is 29.5 Å². The average molecular weight is 333 g/mol. The molecule has 0 unspecified atom stereocenters. The Balaban J connectivity index is 2.07. The highest BCUT2D eigenvalue weighted by molar-refractivity contribution is 6.65. The van der Waals surface area contributed by atoms with Gasteiger partial charge in [-0.15, -0.1) is 0 Å². The lowest BCUT2D eigenvalue weighted by Crippen LogP contribution is -2.41. The number of rotatable bonds is 3. The van der Waals surface area contributed by atoms with Crippen LogP contribution in [-0.2, 0) is 14.0 Å². The van der Waals surface area contributed by atoms with Crippen molar-refractivity contribution in [3.8, 4) is 0 Å². The number of nitrogens with one attached hydrogen (secondary N) is 1. The van der Waals surface area contributed by atoms with Crippen molar-refractivity contribution in [3.05, 3.63) is 29.7 Å². The first-order valence-corrected chi connectivity index (χ1v) is 7.99. The molecular weight excluding hydrogens is 312 g/mol. The maximum absolute atomic E-state index is 14.1. The molecule has 1 N–H and O–H groups in total. The van der Waals surface area contributed by atoms with E-state index in [2.05, 4.69) is 4.98 Å². The van der Waals surface area contributed by atoms with Gasteiger partial charge >= 0.3 is 13.1 Å². The van der Waals surface area contributed by atoms with Gasteiger partial charge in [-0.2, -0.15) is 0 Å². The van der Waals surface area contributed by atoms with E-state index in [4.69, 9.17) is 14.0 Å². The van der Waals surface area contributed by atoms with Crippen LogP contribution in [-0.4, -0.2) is 35.9 Å². The van der Waals surface area contributed by atoms with E-state index in [1.165, 1.54) is 12.1 Å². The van der Waals surface area contributed by atoms with Gasteiger partial charge in [-0.25, -0.2) is 9.18 Å². The molecule has 2 heterocycles. The standard InChI is InChI=1S/C17H21BFNO4/c1-6-22-15(21)13-8-10-7-11(19)9-12(14(10)20-13)18-23-16(2,3)17(4,5)24-18/h7-9,20H,6H2,1-5H3. The summed E-state index contributed by atoms with van der Waals surface area (Å²) < 4.78 is 31.1. The highest BCUT2D eigenvalue weighted by Gasteiger charge is 2.52. The van der Waals surface area contributed by atoms with Crippen LogP contribution in [0.2, 0.25) is 0 Å². The number of hydrogen-bond donors (Lipinski definition) is 1. The van der Waals surface area contributed by atoms with Gasteiger partial charge in [0.1, 0.15) is 11.5 Å². The number of halogens is 1. The minimum absolute atomic E-state index is 0.270. The molecule has 1 aromatic heterocycles. The lowest BCUT2D eigenvalue weighted by molar-refractivity contribution is 0.00578. The molecule has 1 fully saturated rings. The first-order valence-electron chi connectivity index (χ1n) is 7.99. The van der Waals surface area contributed by atoms with E-state index >= 15 is 0 Å². The Bertz CT molecular complexity index is 783. The maximum atomic E-state index is 14.1. The van der Waals surface area contributed by atoms with Crippen molar-refractivity contribution < 1.29 is 23.2 Å². The van der Waals surface area contributed by atoms with Crippen molar-refractivity contribution in [1.29, 1.82) is 0 Å². The molecule has 0 bridgehead atoms. The lowest BCUT2D eigenvalue weighted by atomic mass is 9.78. The first-order chi connectivity index (χ1) is 11.1. The van der Waals surface area contributed by atoms with Gasteiger partial charge in [-0.3, -0.25) is 0 Å². The van der Waals surface area contributed by atoms with Crippen molar-refractivity contribution in [1.82, 2.24) is 4.98 Å². The molecule has 0 atom stereocenters. The van der Waals surface area contributed by atoms with E-state index in [0.29, 0.717) is 16.4 Å². The third-order valence-electron chi connectivity index (χ3n) is 4.73. The predicted molar refractivity (Wildman–Crippen MR) is 89.9 cm³/mol. The van der Waals surface area contributed by atoms with Crippen LogP contribution >= 0.6 is 0 Å². The fourth-order valence-corrected chi connectivity index (χ4v) is 2.71. The van der Waals surface area contributed by atoms with Crippen LogP contribution in [0.15, 0.2) is 18.2 Å². The van der Waals surface area contributed by atoms with Crippen LogP contribution in [0.25, 0.3) is 10.9 Å². The molecule has 0 amide bonds. The van der Waals surface area contributed by atoms with Crippen molar-refractivity contribution in [2.75, 3.05) is 6.61 Å². The largest absolute Gasteiger partial charge is 0.497 e. The monoisotopic (exact) mass is 333 g/mol. The third kappa shape index (κ3) is 2.72. The number of carbonyl (C=O) groups excluding carboxylic acids is 1. The Morgan fingerprint density at radius 2 is 1.83 bits per heavy atom. The van der Waals surface area contributed by atoms with Gasteiger partial charge in [0.25, 0.3) is 0 Å². The van der Waals surface area contributed by atoms with Crippen molar-refractivity contribution in [3.63, 3.8) is 0 Å². The summed E-state index contributed by atoms with van der Waals surface area (Å²) in [5.41, 5.74) is 0.340. The summed E-state index contributed by atoms with van der Waals surface area (Å²) >= 11 is 0. The molecule has 1 aliphatic heterocycles.